The Labute approximate surface area is 67.7 Å². The second kappa shape index (κ2) is 2.69. The molecule has 0 saturated heterocycles. The van der Waals surface area contributed by atoms with Crippen molar-refractivity contribution in [3.05, 3.63) is 36.8 Å². The Balaban J connectivity index is 2.55. The number of aromatic nitrogens is 4. The van der Waals surface area contributed by atoms with Crippen LogP contribution in [0.5, 0.6) is 0 Å². The average Bonchev–Trinajstić information content (AvgIpc) is 2.57. The number of rotatable bonds is 1. The standard InChI is InChI=1S/C7H5FN4/c8-6-4-9-5-10-7(6)12-3-1-2-11-12/h1-5H. The summed E-state index contributed by atoms with van der Waals surface area (Å²) in [7, 11) is 0. The summed E-state index contributed by atoms with van der Waals surface area (Å²) in [6, 6.07) is 1.70. The Morgan fingerprint density at radius 3 is 3.00 bits per heavy atom. The molecule has 2 aromatic rings. The van der Waals surface area contributed by atoms with Gasteiger partial charge in [-0.1, -0.05) is 0 Å². The summed E-state index contributed by atoms with van der Waals surface area (Å²) in [4.78, 5) is 7.26. The summed E-state index contributed by atoms with van der Waals surface area (Å²) in [5.41, 5.74) is 0. The third-order valence-electron chi connectivity index (χ3n) is 1.37. The molecule has 0 unspecified atom stereocenters. The third-order valence-corrected chi connectivity index (χ3v) is 1.37. The van der Waals surface area contributed by atoms with E-state index in [0.29, 0.717) is 0 Å². The minimum atomic E-state index is -0.485. The van der Waals surface area contributed by atoms with Crippen molar-refractivity contribution in [2.75, 3.05) is 0 Å². The lowest BCUT2D eigenvalue weighted by Crippen LogP contribution is -2.01. The predicted octanol–water partition coefficient (Wildman–Crippen LogP) is 0.801. The monoisotopic (exact) mass is 164 g/mol. The van der Waals surface area contributed by atoms with Gasteiger partial charge in [0.1, 0.15) is 6.33 Å². The maximum atomic E-state index is 13.0. The Morgan fingerprint density at radius 1 is 1.42 bits per heavy atom. The van der Waals surface area contributed by atoms with Crippen LogP contribution in [0.25, 0.3) is 5.82 Å². The maximum absolute atomic E-state index is 13.0. The van der Waals surface area contributed by atoms with Gasteiger partial charge in [0.25, 0.3) is 0 Å². The number of hydrogen-bond donors (Lipinski definition) is 0. The Bertz CT molecular complexity index is 371. The van der Waals surface area contributed by atoms with Crippen LogP contribution >= 0.6 is 0 Å². The zero-order valence-electron chi connectivity index (χ0n) is 6.05. The summed E-state index contributed by atoms with van der Waals surface area (Å²) in [5.74, 6) is -0.323. The minimum Gasteiger partial charge on any atom is -0.242 e. The molecular weight excluding hydrogens is 159 g/mol. The normalized spacial score (nSPS) is 10.1. The zero-order chi connectivity index (χ0) is 8.39. The van der Waals surface area contributed by atoms with Crippen molar-refractivity contribution in [3.63, 3.8) is 0 Å². The van der Waals surface area contributed by atoms with Gasteiger partial charge in [-0.15, -0.1) is 0 Å². The fraction of sp³-hybridized carbons (Fsp3) is 0. The first kappa shape index (κ1) is 6.90. The highest BCUT2D eigenvalue weighted by Crippen LogP contribution is 2.04. The topological polar surface area (TPSA) is 43.6 Å². The van der Waals surface area contributed by atoms with E-state index in [0.717, 1.165) is 6.20 Å². The average molecular weight is 164 g/mol. The molecule has 2 aromatic heterocycles. The quantitative estimate of drug-likeness (QED) is 0.626. The molecule has 0 atom stereocenters. The molecule has 0 N–H and O–H groups in total. The van der Waals surface area contributed by atoms with Gasteiger partial charge in [0.2, 0.25) is 0 Å². The maximum Gasteiger partial charge on any atom is 0.192 e. The molecule has 5 heteroatoms. The molecule has 0 aliphatic heterocycles. The van der Waals surface area contributed by atoms with Crippen molar-refractivity contribution in [2.24, 2.45) is 0 Å². The summed E-state index contributed by atoms with van der Waals surface area (Å²) in [5, 5.41) is 3.83. The largest absolute Gasteiger partial charge is 0.242 e. The van der Waals surface area contributed by atoms with Crippen LogP contribution in [0.4, 0.5) is 4.39 Å². The molecule has 0 saturated carbocycles. The lowest BCUT2D eigenvalue weighted by atomic mass is 10.5. The van der Waals surface area contributed by atoms with Gasteiger partial charge < -0.3 is 0 Å². The first-order valence-electron chi connectivity index (χ1n) is 3.33. The molecule has 0 aromatic carbocycles. The van der Waals surface area contributed by atoms with Crippen molar-refractivity contribution in [3.8, 4) is 5.82 Å². The molecule has 2 rings (SSSR count). The second-order valence-electron chi connectivity index (χ2n) is 2.14. The van der Waals surface area contributed by atoms with Gasteiger partial charge in [-0.3, -0.25) is 0 Å². The molecular formula is C7H5FN4. The van der Waals surface area contributed by atoms with Crippen LogP contribution in [-0.4, -0.2) is 19.7 Å². The molecule has 0 bridgehead atoms. The van der Waals surface area contributed by atoms with E-state index in [9.17, 15) is 4.39 Å². The molecule has 2 heterocycles. The Kier molecular flexibility index (Phi) is 1.55. The SMILES string of the molecule is Fc1cncnc1-n1cccn1. The lowest BCUT2D eigenvalue weighted by Gasteiger charge is -1.98. The Morgan fingerprint density at radius 2 is 2.33 bits per heavy atom. The molecule has 0 amide bonds. The lowest BCUT2D eigenvalue weighted by molar-refractivity contribution is 0.592. The van der Waals surface area contributed by atoms with Gasteiger partial charge in [0.15, 0.2) is 11.6 Å². The van der Waals surface area contributed by atoms with Crippen LogP contribution < -0.4 is 0 Å². The summed E-state index contributed by atoms with van der Waals surface area (Å²) >= 11 is 0. The molecule has 0 aliphatic carbocycles. The van der Waals surface area contributed by atoms with Gasteiger partial charge >= 0.3 is 0 Å². The van der Waals surface area contributed by atoms with Crippen molar-refractivity contribution >= 4 is 0 Å². The van der Waals surface area contributed by atoms with Crippen LogP contribution in [0.15, 0.2) is 31.0 Å². The molecule has 0 aliphatic rings. The molecule has 0 fully saturated rings. The molecule has 0 spiro atoms. The first-order valence-corrected chi connectivity index (χ1v) is 3.33. The van der Waals surface area contributed by atoms with Crippen LogP contribution in [-0.2, 0) is 0 Å². The Hall–Kier alpha value is -1.78. The van der Waals surface area contributed by atoms with Crippen LogP contribution in [0, 0.1) is 5.82 Å². The number of hydrogen-bond acceptors (Lipinski definition) is 3. The van der Waals surface area contributed by atoms with Crippen molar-refractivity contribution < 1.29 is 4.39 Å². The van der Waals surface area contributed by atoms with E-state index in [-0.39, 0.29) is 5.82 Å². The van der Waals surface area contributed by atoms with Gasteiger partial charge in [0.05, 0.1) is 6.20 Å². The highest BCUT2D eigenvalue weighted by atomic mass is 19.1. The van der Waals surface area contributed by atoms with Crippen LogP contribution in [0.2, 0.25) is 0 Å². The highest BCUT2D eigenvalue weighted by Gasteiger charge is 2.03. The molecule has 12 heavy (non-hydrogen) atoms. The van der Waals surface area contributed by atoms with E-state index in [2.05, 4.69) is 15.1 Å². The van der Waals surface area contributed by atoms with Crippen molar-refractivity contribution in [2.45, 2.75) is 0 Å². The summed E-state index contributed by atoms with van der Waals surface area (Å²) in [6.45, 7) is 0. The summed E-state index contributed by atoms with van der Waals surface area (Å²) in [6.07, 6.45) is 5.55. The van der Waals surface area contributed by atoms with E-state index in [1.807, 2.05) is 0 Å². The van der Waals surface area contributed by atoms with Gasteiger partial charge in [-0.05, 0) is 6.07 Å². The highest BCUT2D eigenvalue weighted by molar-refractivity contribution is 5.19. The van der Waals surface area contributed by atoms with E-state index in [1.54, 1.807) is 18.5 Å². The predicted molar refractivity (Wildman–Crippen MR) is 39.1 cm³/mol. The van der Waals surface area contributed by atoms with Crippen molar-refractivity contribution in [1.82, 2.24) is 19.7 Å². The second-order valence-corrected chi connectivity index (χ2v) is 2.14. The van der Waals surface area contributed by atoms with Gasteiger partial charge in [0, 0.05) is 12.4 Å². The molecule has 4 nitrogen and oxygen atoms in total. The van der Waals surface area contributed by atoms with E-state index in [4.69, 9.17) is 0 Å². The molecule has 0 radical (unpaired) electrons. The van der Waals surface area contributed by atoms with Crippen LogP contribution in [0.1, 0.15) is 0 Å². The van der Waals surface area contributed by atoms with Crippen LogP contribution in [0.3, 0.4) is 0 Å². The smallest absolute Gasteiger partial charge is 0.192 e. The molecule has 60 valence electrons. The number of halogens is 1. The van der Waals surface area contributed by atoms with E-state index >= 15 is 0 Å². The van der Waals surface area contributed by atoms with Crippen molar-refractivity contribution in [1.29, 1.82) is 0 Å². The summed E-state index contributed by atoms with van der Waals surface area (Å²) < 4.78 is 14.3. The van der Waals surface area contributed by atoms with E-state index in [1.165, 1.54) is 11.0 Å². The number of nitrogens with zero attached hydrogens (tertiary/aromatic N) is 4. The fourth-order valence-electron chi connectivity index (χ4n) is 0.869. The third kappa shape index (κ3) is 1.05. The zero-order valence-corrected chi connectivity index (χ0v) is 6.05. The van der Waals surface area contributed by atoms with Gasteiger partial charge in [-0.2, -0.15) is 5.10 Å². The van der Waals surface area contributed by atoms with E-state index < -0.39 is 5.82 Å². The van der Waals surface area contributed by atoms with Gasteiger partial charge in [-0.25, -0.2) is 19.0 Å². The fourth-order valence-corrected chi connectivity index (χ4v) is 0.869. The first-order chi connectivity index (χ1) is 5.88. The minimum absolute atomic E-state index is 0.162.